The van der Waals surface area contributed by atoms with Crippen molar-refractivity contribution in [2.75, 3.05) is 31.4 Å². The number of hydrazone groups is 1. The number of azo groups is 3. The van der Waals surface area contributed by atoms with Crippen molar-refractivity contribution in [1.29, 1.82) is 0 Å². The zero-order valence-corrected chi connectivity index (χ0v) is 40.7. The van der Waals surface area contributed by atoms with Gasteiger partial charge in [0.2, 0.25) is 6.04 Å². The molecule has 2 amide bonds. The van der Waals surface area contributed by atoms with Crippen LogP contribution in [-0.4, -0.2) is 121 Å². The van der Waals surface area contributed by atoms with E-state index in [0.29, 0.717) is 16.5 Å². The highest BCUT2D eigenvalue weighted by atomic mass is 35.5. The Bertz CT molecular complexity index is 3630. The van der Waals surface area contributed by atoms with Crippen molar-refractivity contribution in [2.45, 2.75) is 10.9 Å². The first-order chi connectivity index (χ1) is 35.0. The molecule has 0 bridgehead atoms. The summed E-state index contributed by atoms with van der Waals surface area (Å²) in [7, 11) is -13.8. The summed E-state index contributed by atoms with van der Waals surface area (Å²) in [6, 6.07) is 21.8. The highest BCUT2D eigenvalue weighted by molar-refractivity contribution is 7.85. The molecule has 0 saturated heterocycles. The minimum Gasteiger partial charge on any atom is -0.507 e. The van der Waals surface area contributed by atoms with Gasteiger partial charge in [-0.05, 0) is 60.0 Å². The zero-order valence-electron chi connectivity index (χ0n) is 36.7. The maximum atomic E-state index is 13.3. The lowest BCUT2D eigenvalue weighted by atomic mass is 10.1. The lowest BCUT2D eigenvalue weighted by molar-refractivity contribution is -0.118. The van der Waals surface area contributed by atoms with Crippen molar-refractivity contribution >= 4 is 127 Å². The number of aliphatic hydroxyl groups is 2. The molecule has 0 aromatic heterocycles. The Balaban J connectivity index is 0.000000892. The number of amides is 2. The van der Waals surface area contributed by atoms with Crippen LogP contribution in [0.4, 0.5) is 34.1 Å². The van der Waals surface area contributed by atoms with Crippen LogP contribution in [0.5, 0.6) is 23.0 Å². The Morgan fingerprint density at radius 3 is 1.68 bits per heavy atom. The van der Waals surface area contributed by atoms with Gasteiger partial charge in [0.1, 0.15) is 53.2 Å². The maximum Gasteiger partial charge on any atom is 0.425 e. The molecule has 34 heteroatoms. The topological polar surface area (TPSA) is 457 Å². The van der Waals surface area contributed by atoms with Crippen LogP contribution in [0.25, 0.3) is 21.5 Å². The monoisotopic (exact) mass is 1120 g/mol. The van der Waals surface area contributed by atoms with Crippen molar-refractivity contribution in [1.82, 2.24) is 0 Å². The molecule has 1 unspecified atom stereocenters. The van der Waals surface area contributed by atoms with Crippen LogP contribution in [-0.2, 0) is 51.5 Å². The minimum absolute atomic E-state index is 0.000430. The summed E-state index contributed by atoms with van der Waals surface area (Å²) in [6.45, 7) is -0.928. The second-order valence-electron chi connectivity index (χ2n) is 13.6. The Morgan fingerprint density at radius 2 is 1.16 bits per heavy atom. The number of ether oxygens (including phenoxy) is 2. The summed E-state index contributed by atoms with van der Waals surface area (Å²) in [4.78, 5) is 25.1. The third-order valence-corrected chi connectivity index (χ3v) is 10.3. The third-order valence-electron chi connectivity index (χ3n) is 9.02. The number of hydrogen-bond donors (Lipinski definition) is 6. The predicted octanol–water partition coefficient (Wildman–Crippen LogP) is 4.21. The molecule has 7 rings (SSSR count). The van der Waals surface area contributed by atoms with E-state index in [4.69, 9.17) is 64.7 Å². The van der Waals surface area contributed by atoms with Crippen LogP contribution >= 0.6 is 11.6 Å². The molecule has 29 nitrogen and oxygen atoms in total. The van der Waals surface area contributed by atoms with E-state index in [0.717, 1.165) is 22.5 Å². The second-order valence-corrected chi connectivity index (χ2v) is 16.6. The molecule has 0 radical (unpaired) electrons. The smallest absolute Gasteiger partial charge is 0.425 e. The molecule has 0 fully saturated rings. The van der Waals surface area contributed by atoms with Crippen molar-refractivity contribution in [2.24, 2.45) is 41.5 Å². The van der Waals surface area contributed by atoms with Gasteiger partial charge in [0, 0.05) is 22.9 Å². The van der Waals surface area contributed by atoms with Crippen LogP contribution in [0.15, 0.2) is 138 Å². The number of primary amides is 1. The molecule has 1 atom stereocenters. The number of carbonyl (C=O) groups excluding carboxylic acids is 2. The lowest BCUT2D eigenvalue weighted by Gasteiger charge is -2.13. The fourth-order valence-electron chi connectivity index (χ4n) is 6.12. The molecule has 74 heavy (non-hydrogen) atoms. The van der Waals surface area contributed by atoms with E-state index in [1.807, 2.05) is 12.1 Å². The largest absolute Gasteiger partial charge is 0.507 e. The summed E-state index contributed by atoms with van der Waals surface area (Å²) in [5, 5.41) is 72.6. The summed E-state index contributed by atoms with van der Waals surface area (Å²) in [5.41, 5.74) is 5.72. The summed E-state index contributed by atoms with van der Waals surface area (Å²) < 4.78 is 120. The Morgan fingerprint density at radius 1 is 0.676 bits per heavy atom. The number of aromatic hydroxyl groups is 2. The normalized spacial score (nSPS) is 13.1. The van der Waals surface area contributed by atoms with Crippen molar-refractivity contribution in [3.63, 3.8) is 0 Å². The molecule has 1 aliphatic heterocycles. The van der Waals surface area contributed by atoms with Gasteiger partial charge in [0.25, 0.3) is 21.9 Å². The number of phenolic OH excluding ortho intramolecular Hbond substituents is 2. The third kappa shape index (κ3) is 16.0. The average Bonchev–Trinajstić information content (AvgIpc) is 3.66. The van der Waals surface area contributed by atoms with E-state index in [1.165, 1.54) is 54.6 Å². The van der Waals surface area contributed by atoms with E-state index in [2.05, 4.69) is 35.8 Å². The molecule has 1 heterocycles. The summed E-state index contributed by atoms with van der Waals surface area (Å²) >= 11 is 6.68. The Hall–Kier alpha value is -8.57. The van der Waals surface area contributed by atoms with Gasteiger partial charge in [-0.25, -0.2) is 0 Å². The van der Waals surface area contributed by atoms with Gasteiger partial charge in [-0.1, -0.05) is 41.9 Å². The van der Waals surface area contributed by atoms with Gasteiger partial charge in [-0.3, -0.25) is 14.1 Å². The molecule has 388 valence electrons. The van der Waals surface area contributed by atoms with Crippen LogP contribution < -0.4 is 20.2 Å². The Kier molecular flexibility index (Phi) is 21.0. The van der Waals surface area contributed by atoms with E-state index in [1.54, 1.807) is 18.2 Å². The fraction of sp³-hybridized carbons (Fsp3) is 0.125. The molecule has 1 aliphatic rings. The lowest BCUT2D eigenvalue weighted by Crippen LogP contribution is -2.35. The van der Waals surface area contributed by atoms with E-state index in [9.17, 15) is 43.0 Å². The Labute approximate surface area is 424 Å². The van der Waals surface area contributed by atoms with Crippen LogP contribution in [0.3, 0.4) is 0 Å². The van der Waals surface area contributed by atoms with E-state index < -0.39 is 70.4 Å². The molecule has 6 aromatic rings. The van der Waals surface area contributed by atoms with Gasteiger partial charge >= 0.3 is 31.8 Å². The van der Waals surface area contributed by atoms with E-state index >= 15 is 0 Å². The highest BCUT2D eigenvalue weighted by Crippen LogP contribution is 2.45. The molecular weight excluding hydrogens is 1090 g/mol. The average molecular weight is 1120 g/mol. The number of hydrogen-bond acceptors (Lipinski definition) is 26. The highest BCUT2D eigenvalue weighted by Gasteiger charge is 2.40. The van der Waals surface area contributed by atoms with Crippen LogP contribution in [0.1, 0.15) is 0 Å². The molecular formula is C40H32ClN9O20S4. The molecule has 0 aliphatic carbocycles. The summed E-state index contributed by atoms with van der Waals surface area (Å²) in [5.74, 6) is -2.00. The minimum atomic E-state index is -4.51. The van der Waals surface area contributed by atoms with Crippen LogP contribution in [0, 0.1) is 0 Å². The number of anilines is 1. The van der Waals surface area contributed by atoms with Gasteiger partial charge in [-0.15, -0.1) is 58.3 Å². The first-order valence-corrected chi connectivity index (χ1v) is 24.4. The number of fused-ring (bicyclic) bond motifs is 2. The van der Waals surface area contributed by atoms with Crippen molar-refractivity contribution < 1.29 is 90.3 Å². The standard InChI is InChI=1S/C40H32ClN9O11S.3O3S/c41-35-24-11-14-28(38(54)25(24)12-13-27(35)44-48-37-36(39(42)55)49-50(40(37)56)22-7-9-23(10-8-22)62(57,58)59)45-47-30-20-32(60-17-15-51)29(19-33(30)61-18-16-52)46-43-26-5-1-3-21-4-2-6-31(53)34(21)26;3*1-4(2)3/h1-14,19-20,37,51-54H,15-18H2,(H2,42,55)(H,57,58,59);;;. The first-order valence-electron chi connectivity index (χ1n) is 19.6. The number of phenols is 2. The maximum absolute atomic E-state index is 13.3. The van der Waals surface area contributed by atoms with Gasteiger partial charge in [0.05, 0.1) is 39.9 Å². The number of aliphatic hydroxyl groups excluding tert-OH is 2. The number of nitrogens with two attached hydrogens (primary N) is 1. The van der Waals surface area contributed by atoms with Gasteiger partial charge in [-0.2, -0.15) is 28.8 Å². The second kappa shape index (κ2) is 26.8. The number of carbonyl (C=O) groups is 2. The van der Waals surface area contributed by atoms with E-state index in [-0.39, 0.29) is 88.3 Å². The predicted molar refractivity (Wildman–Crippen MR) is 254 cm³/mol. The molecule has 0 saturated carbocycles. The van der Waals surface area contributed by atoms with Crippen molar-refractivity contribution in [3.05, 3.63) is 102 Å². The quantitative estimate of drug-likeness (QED) is 0.0619. The van der Waals surface area contributed by atoms with Gasteiger partial charge in [0.15, 0.2) is 11.5 Å². The van der Waals surface area contributed by atoms with Crippen LogP contribution in [0.2, 0.25) is 5.02 Å². The molecule has 0 spiro atoms. The number of benzene rings is 6. The SMILES string of the molecule is NC(=O)C1=NN(c2ccc(S(=O)(=O)O)cc2)C(=O)C1N=Nc1ccc2c(O)c(N=Nc3cc(OCCO)c(N=Nc4cccc5cccc(O)c45)cc3OCCO)ccc2c1Cl.O=S(=O)=O.O=S(=O)=O.O=S(=O)=O. The first kappa shape index (κ1) is 58.0. The number of halogens is 1. The summed E-state index contributed by atoms with van der Waals surface area (Å²) in [6.07, 6.45) is 0. The number of rotatable bonds is 15. The molecule has 6 aromatic carbocycles. The van der Waals surface area contributed by atoms with Gasteiger partial charge < -0.3 is 35.6 Å². The van der Waals surface area contributed by atoms with Crippen molar-refractivity contribution in [3.8, 4) is 23.0 Å². The molecule has 7 N–H and O–H groups in total. The fourth-order valence-corrected chi connectivity index (χ4v) is 6.87. The number of nitrogens with zero attached hydrogens (tertiary/aromatic N) is 8. The zero-order chi connectivity index (χ0) is 54.9.